The summed E-state index contributed by atoms with van der Waals surface area (Å²) >= 11 is 0. The van der Waals surface area contributed by atoms with Crippen LogP contribution >= 0.6 is 0 Å². The summed E-state index contributed by atoms with van der Waals surface area (Å²) in [6, 6.07) is 11.6. The highest BCUT2D eigenvalue weighted by atomic mass is 19.1. The summed E-state index contributed by atoms with van der Waals surface area (Å²) < 4.78 is 32.3. The molecule has 0 bridgehead atoms. The molecule has 0 radical (unpaired) electrons. The van der Waals surface area contributed by atoms with E-state index < -0.39 is 17.7 Å². The van der Waals surface area contributed by atoms with Gasteiger partial charge in [-0.05, 0) is 62.2 Å². The fraction of sp³-hybridized carbons (Fsp3) is 0.217. The van der Waals surface area contributed by atoms with Crippen molar-refractivity contribution >= 4 is 5.91 Å². The van der Waals surface area contributed by atoms with Gasteiger partial charge >= 0.3 is 0 Å². The SMILES string of the molecule is Cc1cc(C)c(CNC(=O)c2ccc([C@@H](C)Oc3ccc(F)cc3F)cc2)c(=O)[nH]1. The van der Waals surface area contributed by atoms with Crippen LogP contribution in [-0.2, 0) is 6.54 Å². The number of carbonyl (C=O) groups excluding carboxylic acids is 1. The van der Waals surface area contributed by atoms with Crippen LogP contribution in [0, 0.1) is 25.5 Å². The van der Waals surface area contributed by atoms with E-state index in [1.807, 2.05) is 13.0 Å². The van der Waals surface area contributed by atoms with Gasteiger partial charge < -0.3 is 15.0 Å². The minimum Gasteiger partial charge on any atom is -0.483 e. The zero-order chi connectivity index (χ0) is 21.8. The van der Waals surface area contributed by atoms with Crippen LogP contribution in [0.3, 0.4) is 0 Å². The van der Waals surface area contributed by atoms with Crippen molar-refractivity contribution < 1.29 is 18.3 Å². The van der Waals surface area contributed by atoms with Gasteiger partial charge in [0.25, 0.3) is 11.5 Å². The van der Waals surface area contributed by atoms with Crippen LogP contribution in [-0.4, -0.2) is 10.9 Å². The van der Waals surface area contributed by atoms with Crippen LogP contribution in [0.15, 0.2) is 53.3 Å². The molecular formula is C23H22F2N2O3. The molecule has 0 aliphatic heterocycles. The average molecular weight is 412 g/mol. The van der Waals surface area contributed by atoms with Crippen molar-refractivity contribution in [2.75, 3.05) is 0 Å². The summed E-state index contributed by atoms with van der Waals surface area (Å²) in [6.07, 6.45) is -0.504. The third-order valence-electron chi connectivity index (χ3n) is 4.76. The fourth-order valence-corrected chi connectivity index (χ4v) is 3.11. The topological polar surface area (TPSA) is 71.2 Å². The highest BCUT2D eigenvalue weighted by Gasteiger charge is 2.13. The van der Waals surface area contributed by atoms with Crippen LogP contribution in [0.1, 0.15) is 45.8 Å². The minimum absolute atomic E-state index is 0.0515. The molecule has 0 fully saturated rings. The number of hydrogen-bond acceptors (Lipinski definition) is 3. The van der Waals surface area contributed by atoms with Gasteiger partial charge in [0.2, 0.25) is 0 Å². The molecule has 1 heterocycles. The summed E-state index contributed by atoms with van der Waals surface area (Å²) in [4.78, 5) is 27.2. The normalized spacial score (nSPS) is 11.8. The van der Waals surface area contributed by atoms with E-state index in [4.69, 9.17) is 4.74 Å². The molecule has 1 aromatic heterocycles. The van der Waals surface area contributed by atoms with Crippen LogP contribution in [0.25, 0.3) is 0 Å². The molecule has 0 saturated heterocycles. The molecule has 5 nitrogen and oxygen atoms in total. The van der Waals surface area contributed by atoms with E-state index in [0.29, 0.717) is 11.1 Å². The van der Waals surface area contributed by atoms with E-state index in [9.17, 15) is 18.4 Å². The second-order valence-electron chi connectivity index (χ2n) is 7.08. The number of amides is 1. The number of H-pyrrole nitrogens is 1. The largest absolute Gasteiger partial charge is 0.483 e. The number of pyridine rings is 1. The second kappa shape index (κ2) is 8.90. The van der Waals surface area contributed by atoms with Crippen LogP contribution in [0.2, 0.25) is 0 Å². The Hall–Kier alpha value is -3.48. The van der Waals surface area contributed by atoms with Crippen LogP contribution < -0.4 is 15.6 Å². The van der Waals surface area contributed by atoms with Crippen LogP contribution in [0.4, 0.5) is 8.78 Å². The maximum atomic E-state index is 13.8. The van der Waals surface area contributed by atoms with Gasteiger partial charge in [-0.15, -0.1) is 0 Å². The minimum atomic E-state index is -0.778. The summed E-state index contributed by atoms with van der Waals surface area (Å²) in [7, 11) is 0. The molecule has 2 N–H and O–H groups in total. The molecule has 156 valence electrons. The lowest BCUT2D eigenvalue weighted by Gasteiger charge is -2.16. The molecule has 0 unspecified atom stereocenters. The Kier molecular flexibility index (Phi) is 6.30. The van der Waals surface area contributed by atoms with Gasteiger partial charge in [-0.25, -0.2) is 8.78 Å². The highest BCUT2D eigenvalue weighted by molar-refractivity contribution is 5.94. The van der Waals surface area contributed by atoms with Crippen molar-refractivity contribution in [3.8, 4) is 5.75 Å². The Morgan fingerprint density at radius 2 is 1.80 bits per heavy atom. The maximum absolute atomic E-state index is 13.8. The molecule has 30 heavy (non-hydrogen) atoms. The second-order valence-corrected chi connectivity index (χ2v) is 7.08. The number of aryl methyl sites for hydroxylation is 2. The predicted octanol–water partition coefficient (Wildman–Crippen LogP) is 4.34. The van der Waals surface area contributed by atoms with Crippen LogP contribution in [0.5, 0.6) is 5.75 Å². The van der Waals surface area contributed by atoms with Crippen molar-refractivity contribution in [2.24, 2.45) is 0 Å². The number of aromatic amines is 1. The molecular weight excluding hydrogens is 390 g/mol. The number of benzene rings is 2. The Bertz CT molecular complexity index is 1120. The molecule has 3 aromatic rings. The molecule has 0 saturated carbocycles. The first-order valence-corrected chi connectivity index (χ1v) is 9.44. The smallest absolute Gasteiger partial charge is 0.253 e. The predicted molar refractivity (Wildman–Crippen MR) is 110 cm³/mol. The molecule has 1 amide bonds. The lowest BCUT2D eigenvalue weighted by Crippen LogP contribution is -2.27. The average Bonchev–Trinajstić information content (AvgIpc) is 2.69. The first-order valence-electron chi connectivity index (χ1n) is 9.44. The maximum Gasteiger partial charge on any atom is 0.253 e. The third kappa shape index (κ3) is 4.92. The quantitative estimate of drug-likeness (QED) is 0.633. The highest BCUT2D eigenvalue weighted by Crippen LogP contribution is 2.25. The van der Waals surface area contributed by atoms with Gasteiger partial charge in [-0.3, -0.25) is 9.59 Å². The van der Waals surface area contributed by atoms with E-state index in [2.05, 4.69) is 10.3 Å². The number of halogens is 2. The van der Waals surface area contributed by atoms with Gasteiger partial charge in [0.1, 0.15) is 11.9 Å². The molecule has 0 spiro atoms. The Balaban J connectivity index is 1.64. The van der Waals surface area contributed by atoms with Gasteiger partial charge in [0.15, 0.2) is 11.6 Å². The molecule has 1 atom stereocenters. The first kappa shape index (κ1) is 21.2. The van der Waals surface area contributed by atoms with Crippen molar-refractivity contribution in [1.82, 2.24) is 10.3 Å². The van der Waals surface area contributed by atoms with Crippen molar-refractivity contribution in [1.29, 1.82) is 0 Å². The number of hydrogen-bond donors (Lipinski definition) is 2. The zero-order valence-electron chi connectivity index (χ0n) is 16.9. The molecule has 3 rings (SSSR count). The molecule has 0 aliphatic rings. The van der Waals surface area contributed by atoms with E-state index in [1.54, 1.807) is 38.1 Å². The summed E-state index contributed by atoms with van der Waals surface area (Å²) in [5, 5.41) is 2.74. The number of nitrogens with one attached hydrogen (secondary N) is 2. The lowest BCUT2D eigenvalue weighted by molar-refractivity contribution is 0.0950. The van der Waals surface area contributed by atoms with Crippen molar-refractivity contribution in [3.05, 3.63) is 98.5 Å². The van der Waals surface area contributed by atoms with E-state index in [0.717, 1.165) is 29.0 Å². The zero-order valence-corrected chi connectivity index (χ0v) is 16.9. The monoisotopic (exact) mass is 412 g/mol. The van der Waals surface area contributed by atoms with Gasteiger partial charge in [-0.1, -0.05) is 12.1 Å². The third-order valence-corrected chi connectivity index (χ3v) is 4.76. The summed E-state index contributed by atoms with van der Waals surface area (Å²) in [6.45, 7) is 5.47. The van der Waals surface area contributed by atoms with E-state index >= 15 is 0 Å². The lowest BCUT2D eigenvalue weighted by atomic mass is 10.1. The number of rotatable bonds is 6. The van der Waals surface area contributed by atoms with Gasteiger partial charge in [0, 0.05) is 29.4 Å². The number of carbonyl (C=O) groups is 1. The standard InChI is InChI=1S/C23H22F2N2O3/c1-13-10-14(2)27-23(29)19(13)12-26-22(28)17-6-4-16(5-7-17)15(3)30-21-9-8-18(24)11-20(21)25/h4-11,15H,12H2,1-3H3,(H,26,28)(H,27,29)/t15-/m1/s1. The Morgan fingerprint density at radius 3 is 2.43 bits per heavy atom. The Labute approximate surface area is 172 Å². The molecule has 0 aliphatic carbocycles. The molecule has 7 heteroatoms. The van der Waals surface area contributed by atoms with E-state index in [-0.39, 0.29) is 23.8 Å². The van der Waals surface area contributed by atoms with E-state index in [1.165, 1.54) is 6.07 Å². The molecule has 2 aromatic carbocycles. The fourth-order valence-electron chi connectivity index (χ4n) is 3.11. The summed E-state index contributed by atoms with van der Waals surface area (Å²) in [5.74, 6) is -1.83. The van der Waals surface area contributed by atoms with Gasteiger partial charge in [0.05, 0.1) is 0 Å². The van der Waals surface area contributed by atoms with Gasteiger partial charge in [-0.2, -0.15) is 0 Å². The number of aromatic nitrogens is 1. The summed E-state index contributed by atoms with van der Waals surface area (Å²) in [5.41, 5.74) is 3.00. The van der Waals surface area contributed by atoms with Crippen molar-refractivity contribution in [2.45, 2.75) is 33.4 Å². The number of ether oxygens (including phenoxy) is 1. The first-order chi connectivity index (χ1) is 14.2. The Morgan fingerprint density at radius 1 is 1.10 bits per heavy atom. The van der Waals surface area contributed by atoms with Crippen molar-refractivity contribution in [3.63, 3.8) is 0 Å².